The average molecular weight is 275 g/mol. The summed E-state index contributed by atoms with van der Waals surface area (Å²) in [6, 6.07) is 1.76. The van der Waals surface area contributed by atoms with E-state index in [1.165, 1.54) is 0 Å². The lowest BCUT2D eigenvalue weighted by atomic mass is 10.1. The van der Waals surface area contributed by atoms with Crippen molar-refractivity contribution in [2.45, 2.75) is 40.5 Å². The molecule has 2 aromatic rings. The molecule has 0 aliphatic rings. The topological polar surface area (TPSA) is 60.1 Å². The Morgan fingerprint density at radius 2 is 2.05 bits per heavy atom. The molecule has 2 aromatic heterocycles. The van der Waals surface area contributed by atoms with Gasteiger partial charge in [0.05, 0.1) is 11.3 Å². The number of rotatable bonds is 4. The highest BCUT2D eigenvalue weighted by atomic mass is 16.3. The summed E-state index contributed by atoms with van der Waals surface area (Å²) in [6.45, 7) is 7.76. The molecular weight excluding hydrogens is 254 g/mol. The maximum atomic E-state index is 12.4. The highest BCUT2D eigenvalue weighted by Crippen LogP contribution is 2.22. The van der Waals surface area contributed by atoms with E-state index in [2.05, 4.69) is 24.3 Å². The van der Waals surface area contributed by atoms with Gasteiger partial charge in [0.2, 0.25) is 0 Å². The van der Waals surface area contributed by atoms with Crippen LogP contribution < -0.4 is 5.32 Å². The van der Waals surface area contributed by atoms with Crippen molar-refractivity contribution in [3.63, 3.8) is 0 Å². The zero-order valence-corrected chi connectivity index (χ0v) is 12.7. The molecule has 0 aliphatic heterocycles. The summed E-state index contributed by atoms with van der Waals surface area (Å²) in [6.07, 6.45) is 1.70. The second-order valence-electron chi connectivity index (χ2n) is 4.89. The minimum atomic E-state index is -0.153. The van der Waals surface area contributed by atoms with Crippen LogP contribution >= 0.6 is 0 Å². The Labute approximate surface area is 119 Å². The molecule has 0 radical (unpaired) electrons. The number of anilines is 1. The zero-order chi connectivity index (χ0) is 14.9. The van der Waals surface area contributed by atoms with Crippen molar-refractivity contribution in [2.75, 3.05) is 5.32 Å². The van der Waals surface area contributed by atoms with Gasteiger partial charge in [-0.15, -0.1) is 0 Å². The molecule has 2 heterocycles. The third kappa shape index (κ3) is 2.48. The Balaban J connectivity index is 2.32. The lowest BCUT2D eigenvalue weighted by Gasteiger charge is -2.07. The smallest absolute Gasteiger partial charge is 0.260 e. The predicted molar refractivity (Wildman–Crippen MR) is 78.1 cm³/mol. The Bertz CT molecular complexity index is 638. The van der Waals surface area contributed by atoms with Crippen molar-refractivity contribution in [1.29, 1.82) is 0 Å². The Kier molecular flexibility index (Phi) is 3.97. The number of carbonyl (C=O) groups excluding carboxylic acids is 1. The van der Waals surface area contributed by atoms with E-state index < -0.39 is 0 Å². The van der Waals surface area contributed by atoms with E-state index in [4.69, 9.17) is 4.42 Å². The molecule has 1 N–H and O–H groups in total. The summed E-state index contributed by atoms with van der Waals surface area (Å²) in [5, 5.41) is 7.41. The third-order valence-electron chi connectivity index (χ3n) is 3.43. The number of aromatic nitrogens is 2. The van der Waals surface area contributed by atoms with E-state index in [-0.39, 0.29) is 5.91 Å². The average Bonchev–Trinajstić information content (AvgIpc) is 2.89. The fourth-order valence-corrected chi connectivity index (χ4v) is 2.47. The van der Waals surface area contributed by atoms with E-state index in [9.17, 15) is 4.79 Å². The summed E-state index contributed by atoms with van der Waals surface area (Å²) in [5.74, 6) is 1.99. The van der Waals surface area contributed by atoms with Gasteiger partial charge < -0.3 is 9.73 Å². The first-order valence-corrected chi connectivity index (χ1v) is 6.91. The molecule has 1 amide bonds. The first kappa shape index (κ1) is 14.4. The summed E-state index contributed by atoms with van der Waals surface area (Å²) in [4.78, 5) is 12.4. The maximum Gasteiger partial charge on any atom is 0.260 e. The molecule has 0 aromatic carbocycles. The van der Waals surface area contributed by atoms with Gasteiger partial charge in [-0.05, 0) is 32.8 Å². The summed E-state index contributed by atoms with van der Waals surface area (Å²) in [5.41, 5.74) is 2.70. The molecule has 0 unspecified atom stereocenters. The van der Waals surface area contributed by atoms with Gasteiger partial charge in [-0.2, -0.15) is 5.10 Å². The van der Waals surface area contributed by atoms with E-state index in [1.54, 1.807) is 17.7 Å². The predicted octanol–water partition coefficient (Wildman–Crippen LogP) is 3.01. The van der Waals surface area contributed by atoms with Gasteiger partial charge in [0.15, 0.2) is 0 Å². The van der Waals surface area contributed by atoms with Gasteiger partial charge in [-0.3, -0.25) is 9.48 Å². The Morgan fingerprint density at radius 3 is 2.55 bits per heavy atom. The van der Waals surface area contributed by atoms with Crippen LogP contribution in [0.2, 0.25) is 0 Å². The lowest BCUT2D eigenvalue weighted by molar-refractivity contribution is 0.102. The first-order valence-electron chi connectivity index (χ1n) is 6.91. The second-order valence-corrected chi connectivity index (χ2v) is 4.89. The van der Waals surface area contributed by atoms with Crippen LogP contribution in [-0.2, 0) is 19.9 Å². The molecule has 0 bridgehead atoms. The fraction of sp³-hybridized carbons (Fsp3) is 0.467. The zero-order valence-electron chi connectivity index (χ0n) is 12.7. The van der Waals surface area contributed by atoms with Crippen LogP contribution in [-0.4, -0.2) is 15.7 Å². The summed E-state index contributed by atoms with van der Waals surface area (Å²) in [7, 11) is 1.85. The van der Waals surface area contributed by atoms with Gasteiger partial charge in [0, 0.05) is 12.6 Å². The fourth-order valence-electron chi connectivity index (χ4n) is 2.47. The molecule has 2 rings (SSSR count). The molecule has 20 heavy (non-hydrogen) atoms. The van der Waals surface area contributed by atoms with E-state index in [0.29, 0.717) is 11.3 Å². The second kappa shape index (κ2) is 5.53. The molecule has 5 heteroatoms. The molecule has 0 saturated carbocycles. The molecule has 5 nitrogen and oxygen atoms in total. The largest absolute Gasteiger partial charge is 0.466 e. The number of hydrogen-bond donors (Lipinski definition) is 1. The molecule has 0 spiro atoms. The van der Waals surface area contributed by atoms with Gasteiger partial charge >= 0.3 is 0 Å². The standard InChI is InChI=1S/C15H21N3O2/c1-6-11-13(7-2)17-18(5)14(11)16-15(19)12-8-9(3)20-10(12)4/h8H,6-7H2,1-5H3,(H,16,19). The molecule has 0 atom stereocenters. The number of nitrogens with zero attached hydrogens (tertiary/aromatic N) is 2. The molecule has 0 aliphatic carbocycles. The van der Waals surface area contributed by atoms with Crippen LogP contribution in [0.15, 0.2) is 10.5 Å². The van der Waals surface area contributed by atoms with Crippen molar-refractivity contribution in [1.82, 2.24) is 9.78 Å². The lowest BCUT2D eigenvalue weighted by Crippen LogP contribution is -2.16. The SMILES string of the molecule is CCc1nn(C)c(NC(=O)c2cc(C)oc2C)c1CC. The van der Waals surface area contributed by atoms with Crippen LogP contribution in [0.5, 0.6) is 0 Å². The number of hydrogen-bond acceptors (Lipinski definition) is 3. The maximum absolute atomic E-state index is 12.4. The van der Waals surface area contributed by atoms with Gasteiger partial charge in [0.1, 0.15) is 17.3 Å². The first-order chi connectivity index (χ1) is 9.47. The van der Waals surface area contributed by atoms with Crippen molar-refractivity contribution >= 4 is 11.7 Å². The third-order valence-corrected chi connectivity index (χ3v) is 3.43. The molecule has 108 valence electrons. The minimum Gasteiger partial charge on any atom is -0.466 e. The highest BCUT2D eigenvalue weighted by Gasteiger charge is 2.19. The van der Waals surface area contributed by atoms with Gasteiger partial charge in [-0.1, -0.05) is 13.8 Å². The highest BCUT2D eigenvalue weighted by molar-refractivity contribution is 6.05. The van der Waals surface area contributed by atoms with Crippen molar-refractivity contribution < 1.29 is 9.21 Å². The number of furan rings is 1. The van der Waals surface area contributed by atoms with Crippen LogP contribution in [0.4, 0.5) is 5.82 Å². The van der Waals surface area contributed by atoms with Crippen molar-refractivity contribution in [2.24, 2.45) is 7.05 Å². The minimum absolute atomic E-state index is 0.153. The van der Waals surface area contributed by atoms with E-state index >= 15 is 0 Å². The van der Waals surface area contributed by atoms with Gasteiger partial charge in [-0.25, -0.2) is 0 Å². The Hall–Kier alpha value is -2.04. The molecule has 0 fully saturated rings. The number of carbonyl (C=O) groups is 1. The summed E-state index contributed by atoms with van der Waals surface area (Å²) < 4.78 is 7.14. The van der Waals surface area contributed by atoms with Crippen LogP contribution in [0, 0.1) is 13.8 Å². The number of nitrogens with one attached hydrogen (secondary N) is 1. The van der Waals surface area contributed by atoms with Crippen LogP contribution in [0.1, 0.15) is 47.0 Å². The van der Waals surface area contributed by atoms with Crippen LogP contribution in [0.25, 0.3) is 0 Å². The quantitative estimate of drug-likeness (QED) is 0.933. The van der Waals surface area contributed by atoms with Crippen molar-refractivity contribution in [3.8, 4) is 0 Å². The Morgan fingerprint density at radius 1 is 1.35 bits per heavy atom. The van der Waals surface area contributed by atoms with Gasteiger partial charge in [0.25, 0.3) is 5.91 Å². The molecular formula is C15H21N3O2. The van der Waals surface area contributed by atoms with Crippen molar-refractivity contribution in [3.05, 3.63) is 34.4 Å². The van der Waals surface area contributed by atoms with E-state index in [0.717, 1.165) is 35.7 Å². The van der Waals surface area contributed by atoms with E-state index in [1.807, 2.05) is 14.0 Å². The molecule has 0 saturated heterocycles. The number of amides is 1. The van der Waals surface area contributed by atoms with Crippen LogP contribution in [0.3, 0.4) is 0 Å². The monoisotopic (exact) mass is 275 g/mol. The normalized spacial score (nSPS) is 10.8. The summed E-state index contributed by atoms with van der Waals surface area (Å²) >= 11 is 0. The number of aryl methyl sites for hydroxylation is 4.